The van der Waals surface area contributed by atoms with Crippen LogP contribution in [0.5, 0.6) is 0 Å². The zero-order chi connectivity index (χ0) is 13.0. The van der Waals surface area contributed by atoms with E-state index in [-0.39, 0.29) is 5.91 Å². The predicted octanol–water partition coefficient (Wildman–Crippen LogP) is 1.91. The summed E-state index contributed by atoms with van der Waals surface area (Å²) in [5, 5.41) is 2.97. The summed E-state index contributed by atoms with van der Waals surface area (Å²) in [6.45, 7) is 8.19. The van der Waals surface area contributed by atoms with Gasteiger partial charge in [-0.05, 0) is 38.8 Å². The van der Waals surface area contributed by atoms with Crippen molar-refractivity contribution in [3.05, 3.63) is 16.1 Å². The molecule has 1 amide bonds. The van der Waals surface area contributed by atoms with E-state index in [1.807, 2.05) is 6.92 Å². The maximum atomic E-state index is 11.9. The molecule has 4 nitrogen and oxygen atoms in total. The molecule has 1 aliphatic heterocycles. The molecule has 0 spiro atoms. The normalized spacial score (nSPS) is 17.9. The number of hydrogen-bond acceptors (Lipinski definition) is 4. The van der Waals surface area contributed by atoms with E-state index < -0.39 is 0 Å². The van der Waals surface area contributed by atoms with Crippen LogP contribution in [0.4, 0.5) is 0 Å². The van der Waals surface area contributed by atoms with E-state index in [9.17, 15) is 4.79 Å². The van der Waals surface area contributed by atoms with E-state index in [1.54, 1.807) is 5.51 Å². The fourth-order valence-electron chi connectivity index (χ4n) is 2.21. The molecule has 1 fully saturated rings. The van der Waals surface area contributed by atoms with Crippen molar-refractivity contribution in [1.29, 1.82) is 0 Å². The number of rotatable bonds is 4. The Bertz CT molecular complexity index is 397. The number of likely N-dealkylation sites (tertiary alicyclic amines) is 1. The number of carbonyl (C=O) groups excluding carboxylic acids is 1. The number of thiazole rings is 1. The summed E-state index contributed by atoms with van der Waals surface area (Å²) in [7, 11) is 0. The SMILES string of the molecule is Cc1ncsc1C(=O)NCCN1CCC(C)CC1. The molecule has 0 radical (unpaired) electrons. The van der Waals surface area contributed by atoms with E-state index in [1.165, 1.54) is 24.2 Å². The van der Waals surface area contributed by atoms with Crippen LogP contribution < -0.4 is 5.32 Å². The molecule has 0 unspecified atom stereocenters. The highest BCUT2D eigenvalue weighted by Gasteiger charge is 2.16. The molecule has 0 aromatic carbocycles. The van der Waals surface area contributed by atoms with Crippen LogP contribution in [0.15, 0.2) is 5.51 Å². The van der Waals surface area contributed by atoms with Gasteiger partial charge in [-0.25, -0.2) is 4.98 Å². The number of aryl methyl sites for hydroxylation is 1. The molecule has 0 saturated carbocycles. The van der Waals surface area contributed by atoms with Gasteiger partial charge in [-0.2, -0.15) is 0 Å². The molecular formula is C13H21N3OS. The van der Waals surface area contributed by atoms with Crippen LogP contribution in [-0.4, -0.2) is 42.0 Å². The molecule has 1 aromatic heterocycles. The van der Waals surface area contributed by atoms with Crippen molar-refractivity contribution in [2.45, 2.75) is 26.7 Å². The molecule has 100 valence electrons. The Balaban J connectivity index is 1.69. The average Bonchev–Trinajstić information content (AvgIpc) is 2.78. The lowest BCUT2D eigenvalue weighted by atomic mass is 9.99. The van der Waals surface area contributed by atoms with Gasteiger partial charge in [0.25, 0.3) is 5.91 Å². The van der Waals surface area contributed by atoms with Crippen LogP contribution in [-0.2, 0) is 0 Å². The fourth-order valence-corrected chi connectivity index (χ4v) is 2.93. The highest BCUT2D eigenvalue weighted by atomic mass is 32.1. The van der Waals surface area contributed by atoms with Gasteiger partial charge in [0.05, 0.1) is 11.2 Å². The molecule has 5 heteroatoms. The van der Waals surface area contributed by atoms with Crippen molar-refractivity contribution >= 4 is 17.2 Å². The van der Waals surface area contributed by atoms with Crippen molar-refractivity contribution in [2.75, 3.05) is 26.2 Å². The Kier molecular flexibility index (Phi) is 4.72. The van der Waals surface area contributed by atoms with Crippen LogP contribution in [0.1, 0.15) is 35.1 Å². The minimum absolute atomic E-state index is 0.0142. The minimum Gasteiger partial charge on any atom is -0.350 e. The summed E-state index contributed by atoms with van der Waals surface area (Å²) in [6.07, 6.45) is 2.56. The van der Waals surface area contributed by atoms with Crippen molar-refractivity contribution in [1.82, 2.24) is 15.2 Å². The summed E-state index contributed by atoms with van der Waals surface area (Å²) in [6, 6.07) is 0. The predicted molar refractivity (Wildman–Crippen MR) is 74.0 cm³/mol. The van der Waals surface area contributed by atoms with Gasteiger partial charge in [-0.1, -0.05) is 6.92 Å². The first-order chi connectivity index (χ1) is 8.66. The smallest absolute Gasteiger partial charge is 0.263 e. The van der Waals surface area contributed by atoms with Gasteiger partial charge in [0, 0.05) is 13.1 Å². The van der Waals surface area contributed by atoms with Gasteiger partial charge >= 0.3 is 0 Å². The second-order valence-corrected chi connectivity index (χ2v) is 5.90. The van der Waals surface area contributed by atoms with E-state index in [4.69, 9.17) is 0 Å². The number of amides is 1. The fraction of sp³-hybridized carbons (Fsp3) is 0.692. The van der Waals surface area contributed by atoms with Crippen LogP contribution in [0.3, 0.4) is 0 Å². The van der Waals surface area contributed by atoms with Gasteiger partial charge in [-0.15, -0.1) is 11.3 Å². The lowest BCUT2D eigenvalue weighted by molar-refractivity contribution is 0.0947. The monoisotopic (exact) mass is 267 g/mol. The number of nitrogens with one attached hydrogen (secondary N) is 1. The standard InChI is InChI=1S/C13H21N3OS/c1-10-3-6-16(7-4-10)8-5-14-13(17)12-11(2)15-9-18-12/h9-10H,3-8H2,1-2H3,(H,14,17). The van der Waals surface area contributed by atoms with Crippen molar-refractivity contribution < 1.29 is 4.79 Å². The number of hydrogen-bond donors (Lipinski definition) is 1. The summed E-state index contributed by atoms with van der Waals surface area (Å²) in [4.78, 5) is 19.1. The zero-order valence-electron chi connectivity index (χ0n) is 11.1. The summed E-state index contributed by atoms with van der Waals surface area (Å²) in [5.74, 6) is 0.871. The van der Waals surface area contributed by atoms with Crippen LogP contribution in [0, 0.1) is 12.8 Å². The van der Waals surface area contributed by atoms with E-state index in [0.717, 1.165) is 42.7 Å². The molecule has 1 N–H and O–H groups in total. The van der Waals surface area contributed by atoms with Crippen LogP contribution in [0.25, 0.3) is 0 Å². The summed E-state index contributed by atoms with van der Waals surface area (Å²) in [5.41, 5.74) is 2.54. The van der Waals surface area contributed by atoms with Crippen molar-refractivity contribution in [3.8, 4) is 0 Å². The topological polar surface area (TPSA) is 45.2 Å². The number of carbonyl (C=O) groups is 1. The molecule has 1 aromatic rings. The highest BCUT2D eigenvalue weighted by Crippen LogP contribution is 2.15. The Morgan fingerprint density at radius 2 is 2.28 bits per heavy atom. The molecule has 0 bridgehead atoms. The minimum atomic E-state index is 0.0142. The number of aromatic nitrogens is 1. The van der Waals surface area contributed by atoms with Gasteiger partial charge in [-0.3, -0.25) is 4.79 Å². The summed E-state index contributed by atoms with van der Waals surface area (Å²) < 4.78 is 0. The van der Waals surface area contributed by atoms with Crippen molar-refractivity contribution in [3.63, 3.8) is 0 Å². The number of piperidine rings is 1. The van der Waals surface area contributed by atoms with Crippen LogP contribution >= 0.6 is 11.3 Å². The first kappa shape index (κ1) is 13.5. The molecule has 2 heterocycles. The second-order valence-electron chi connectivity index (χ2n) is 5.05. The Hall–Kier alpha value is -0.940. The maximum Gasteiger partial charge on any atom is 0.263 e. The highest BCUT2D eigenvalue weighted by molar-refractivity contribution is 7.11. The first-order valence-corrected chi connectivity index (χ1v) is 7.45. The largest absolute Gasteiger partial charge is 0.350 e. The molecule has 2 rings (SSSR count). The molecule has 0 atom stereocenters. The Morgan fingerprint density at radius 1 is 1.56 bits per heavy atom. The first-order valence-electron chi connectivity index (χ1n) is 6.57. The molecule has 1 aliphatic rings. The van der Waals surface area contributed by atoms with Gasteiger partial charge < -0.3 is 10.2 Å². The van der Waals surface area contributed by atoms with E-state index in [0.29, 0.717) is 0 Å². The van der Waals surface area contributed by atoms with Gasteiger partial charge in [0.2, 0.25) is 0 Å². The third-order valence-electron chi connectivity index (χ3n) is 3.54. The van der Waals surface area contributed by atoms with Gasteiger partial charge in [0.15, 0.2) is 0 Å². The van der Waals surface area contributed by atoms with E-state index in [2.05, 4.69) is 22.1 Å². The van der Waals surface area contributed by atoms with E-state index >= 15 is 0 Å². The summed E-state index contributed by atoms with van der Waals surface area (Å²) >= 11 is 1.41. The molecule has 0 aliphatic carbocycles. The second kappa shape index (κ2) is 6.29. The maximum absolute atomic E-state index is 11.9. The molecule has 18 heavy (non-hydrogen) atoms. The zero-order valence-corrected chi connectivity index (χ0v) is 11.9. The average molecular weight is 267 g/mol. The quantitative estimate of drug-likeness (QED) is 0.906. The Morgan fingerprint density at radius 3 is 2.89 bits per heavy atom. The lowest BCUT2D eigenvalue weighted by Crippen LogP contribution is -2.39. The lowest BCUT2D eigenvalue weighted by Gasteiger charge is -2.30. The molecule has 1 saturated heterocycles. The number of nitrogens with zero attached hydrogens (tertiary/aromatic N) is 2. The van der Waals surface area contributed by atoms with Crippen molar-refractivity contribution in [2.24, 2.45) is 5.92 Å². The third-order valence-corrected chi connectivity index (χ3v) is 4.47. The van der Waals surface area contributed by atoms with Crippen LogP contribution in [0.2, 0.25) is 0 Å². The molecular weight excluding hydrogens is 246 g/mol. The van der Waals surface area contributed by atoms with Gasteiger partial charge in [0.1, 0.15) is 4.88 Å². The Labute approximate surface area is 112 Å². The third kappa shape index (κ3) is 3.53.